The van der Waals surface area contributed by atoms with Gasteiger partial charge in [-0.05, 0) is 75.2 Å². The highest BCUT2D eigenvalue weighted by Crippen LogP contribution is 2.36. The third kappa shape index (κ3) is 5.07. The molecule has 1 heterocycles. The molecule has 4 heteroatoms. The Balaban J connectivity index is 1.84. The average molecular weight is 393 g/mol. The molecule has 154 valence electrons. The first-order valence-electron chi connectivity index (χ1n) is 10.8. The fourth-order valence-corrected chi connectivity index (χ4v) is 3.75. The molecule has 0 aliphatic carbocycles. The van der Waals surface area contributed by atoms with E-state index in [0.717, 1.165) is 61.5 Å². The lowest BCUT2D eigenvalue weighted by molar-refractivity contribution is 0.0773. The number of benzene rings is 2. The summed E-state index contributed by atoms with van der Waals surface area (Å²) in [5.74, 6) is 1.02. The van der Waals surface area contributed by atoms with Crippen molar-refractivity contribution in [3.05, 3.63) is 71.3 Å². The quantitative estimate of drug-likeness (QED) is 0.626. The van der Waals surface area contributed by atoms with Crippen molar-refractivity contribution in [2.75, 3.05) is 26.2 Å². The van der Waals surface area contributed by atoms with Crippen molar-refractivity contribution >= 4 is 11.5 Å². The fraction of sp³-hybridized carbons (Fsp3) is 0.400. The van der Waals surface area contributed by atoms with Crippen LogP contribution in [0.2, 0.25) is 0 Å². The Hall–Kier alpha value is -2.59. The van der Waals surface area contributed by atoms with Gasteiger partial charge in [-0.1, -0.05) is 37.3 Å². The zero-order valence-corrected chi connectivity index (χ0v) is 17.8. The zero-order chi connectivity index (χ0) is 20.6. The van der Waals surface area contributed by atoms with Crippen LogP contribution in [0.15, 0.2) is 54.6 Å². The van der Waals surface area contributed by atoms with Crippen LogP contribution in [0.25, 0.3) is 5.57 Å². The summed E-state index contributed by atoms with van der Waals surface area (Å²) < 4.78 is 6.22. The lowest BCUT2D eigenvalue weighted by atomic mass is 9.92. The maximum absolute atomic E-state index is 12.6. The number of carbonyl (C=O) groups is 1. The fourth-order valence-electron chi connectivity index (χ4n) is 3.75. The summed E-state index contributed by atoms with van der Waals surface area (Å²) in [6, 6.07) is 16.2. The average Bonchev–Trinajstić information content (AvgIpc) is 2.77. The van der Waals surface area contributed by atoms with Crippen molar-refractivity contribution in [3.63, 3.8) is 0 Å². The van der Waals surface area contributed by atoms with E-state index in [0.29, 0.717) is 0 Å². The highest BCUT2D eigenvalue weighted by Gasteiger charge is 2.21. The first-order chi connectivity index (χ1) is 14.2. The Morgan fingerprint density at radius 1 is 1.03 bits per heavy atom. The second kappa shape index (κ2) is 10.3. The first kappa shape index (κ1) is 21.1. The maximum Gasteiger partial charge on any atom is 0.253 e. The minimum Gasteiger partial charge on any atom is -0.486 e. The minimum atomic E-state index is 0.0653. The predicted molar refractivity (Wildman–Crippen MR) is 119 cm³/mol. The summed E-state index contributed by atoms with van der Waals surface area (Å²) in [6.07, 6.45) is 4.34. The van der Waals surface area contributed by atoms with E-state index in [1.54, 1.807) is 0 Å². The number of hydrogen-bond donors (Lipinski definition) is 1. The Bertz CT molecular complexity index is 838. The van der Waals surface area contributed by atoms with Crippen molar-refractivity contribution in [1.82, 2.24) is 10.2 Å². The van der Waals surface area contributed by atoms with Crippen LogP contribution in [0, 0.1) is 0 Å². The van der Waals surface area contributed by atoms with E-state index >= 15 is 0 Å². The van der Waals surface area contributed by atoms with Crippen LogP contribution in [-0.2, 0) is 0 Å². The van der Waals surface area contributed by atoms with Crippen molar-refractivity contribution in [2.45, 2.75) is 39.7 Å². The molecule has 1 aliphatic rings. The van der Waals surface area contributed by atoms with Gasteiger partial charge in [0, 0.05) is 24.2 Å². The molecule has 1 N–H and O–H groups in total. The van der Waals surface area contributed by atoms with Crippen LogP contribution in [0.4, 0.5) is 0 Å². The third-order valence-electron chi connectivity index (χ3n) is 5.39. The molecule has 0 radical (unpaired) electrons. The largest absolute Gasteiger partial charge is 0.486 e. The molecular formula is C25H32N2O2. The molecule has 0 unspecified atom stereocenters. The number of rotatable bonds is 9. The monoisotopic (exact) mass is 392 g/mol. The summed E-state index contributed by atoms with van der Waals surface area (Å²) in [5.41, 5.74) is 4.15. The van der Waals surface area contributed by atoms with Gasteiger partial charge >= 0.3 is 0 Å². The van der Waals surface area contributed by atoms with Gasteiger partial charge in [-0.3, -0.25) is 4.79 Å². The lowest BCUT2D eigenvalue weighted by Gasteiger charge is -2.26. The molecule has 0 bridgehead atoms. The van der Waals surface area contributed by atoms with Crippen molar-refractivity contribution in [2.24, 2.45) is 0 Å². The van der Waals surface area contributed by atoms with Crippen molar-refractivity contribution < 1.29 is 9.53 Å². The van der Waals surface area contributed by atoms with Gasteiger partial charge in [0.15, 0.2) is 0 Å². The number of nitrogens with one attached hydrogen (secondary N) is 1. The van der Waals surface area contributed by atoms with E-state index in [4.69, 9.17) is 4.74 Å². The number of ether oxygens (including phenoxy) is 1. The van der Waals surface area contributed by atoms with Gasteiger partial charge in [0.05, 0.1) is 0 Å². The van der Waals surface area contributed by atoms with Gasteiger partial charge in [0.1, 0.15) is 11.9 Å². The number of fused-ring (bicyclic) bond motifs is 1. The van der Waals surface area contributed by atoms with E-state index in [1.165, 1.54) is 5.57 Å². The molecule has 3 rings (SSSR count). The molecular weight excluding hydrogens is 360 g/mol. The number of hydrogen-bond acceptors (Lipinski definition) is 3. The summed E-state index contributed by atoms with van der Waals surface area (Å²) >= 11 is 0. The Kier molecular flexibility index (Phi) is 7.48. The van der Waals surface area contributed by atoms with Crippen LogP contribution >= 0.6 is 0 Å². The highest BCUT2D eigenvalue weighted by atomic mass is 16.5. The summed E-state index contributed by atoms with van der Waals surface area (Å²) in [7, 11) is 0. The molecule has 2 aromatic rings. The van der Waals surface area contributed by atoms with E-state index in [9.17, 15) is 4.79 Å². The van der Waals surface area contributed by atoms with E-state index in [1.807, 2.05) is 49.1 Å². The third-order valence-corrected chi connectivity index (χ3v) is 5.39. The van der Waals surface area contributed by atoms with E-state index in [-0.39, 0.29) is 12.0 Å². The van der Waals surface area contributed by atoms with Crippen LogP contribution in [0.5, 0.6) is 5.75 Å². The van der Waals surface area contributed by atoms with Crippen LogP contribution in [-0.4, -0.2) is 43.1 Å². The molecule has 0 fully saturated rings. The van der Waals surface area contributed by atoms with Gasteiger partial charge in [-0.25, -0.2) is 0 Å². The Morgan fingerprint density at radius 2 is 1.76 bits per heavy atom. The van der Waals surface area contributed by atoms with Gasteiger partial charge < -0.3 is 15.0 Å². The Morgan fingerprint density at radius 3 is 2.45 bits per heavy atom. The molecule has 29 heavy (non-hydrogen) atoms. The number of carbonyl (C=O) groups excluding carboxylic acids is 1. The predicted octanol–water partition coefficient (Wildman–Crippen LogP) is 4.75. The van der Waals surface area contributed by atoms with E-state index < -0.39 is 0 Å². The smallest absolute Gasteiger partial charge is 0.253 e. The Labute approximate surface area is 174 Å². The van der Waals surface area contributed by atoms with Gasteiger partial charge in [-0.15, -0.1) is 0 Å². The summed E-state index contributed by atoms with van der Waals surface area (Å²) in [6.45, 7) is 9.59. The summed E-state index contributed by atoms with van der Waals surface area (Å²) in [5, 5.41) is 3.37. The van der Waals surface area contributed by atoms with Crippen LogP contribution < -0.4 is 10.1 Å². The number of amides is 1. The molecule has 0 spiro atoms. The molecule has 1 amide bonds. The maximum atomic E-state index is 12.6. The normalized spacial score (nSPS) is 15.3. The van der Waals surface area contributed by atoms with Gasteiger partial charge in [-0.2, -0.15) is 0 Å². The standard InChI is InChI=1S/C25H32N2O2/c1-4-26-17-9-10-21-18-23(22-11-7-8-12-24(22)29-21)19-13-15-20(16-14-19)25(28)27(5-2)6-3/h7-8,11-16,18,21,26H,4-6,9-10,17H2,1-3H3/t21-/m0/s1. The first-order valence-corrected chi connectivity index (χ1v) is 10.8. The molecule has 0 saturated carbocycles. The molecule has 1 atom stereocenters. The second-order valence-corrected chi connectivity index (χ2v) is 7.28. The summed E-state index contributed by atoms with van der Waals surface area (Å²) in [4.78, 5) is 14.4. The molecule has 4 nitrogen and oxygen atoms in total. The minimum absolute atomic E-state index is 0.0653. The molecule has 0 saturated heterocycles. The number of para-hydroxylation sites is 1. The zero-order valence-electron chi connectivity index (χ0n) is 17.8. The number of nitrogens with zero attached hydrogens (tertiary/aromatic N) is 1. The SMILES string of the molecule is CCNCCC[C@H]1C=C(c2ccc(C(=O)N(CC)CC)cc2)c2ccccc2O1. The second-order valence-electron chi connectivity index (χ2n) is 7.28. The van der Waals surface area contributed by atoms with Gasteiger partial charge in [0.2, 0.25) is 0 Å². The molecule has 1 aliphatic heterocycles. The highest BCUT2D eigenvalue weighted by molar-refractivity contribution is 5.95. The van der Waals surface area contributed by atoms with Crippen LogP contribution in [0.1, 0.15) is 55.1 Å². The van der Waals surface area contributed by atoms with Crippen molar-refractivity contribution in [1.29, 1.82) is 0 Å². The molecule has 0 aromatic heterocycles. The molecule has 2 aromatic carbocycles. The van der Waals surface area contributed by atoms with Crippen LogP contribution in [0.3, 0.4) is 0 Å². The lowest BCUT2D eigenvalue weighted by Crippen LogP contribution is -2.30. The van der Waals surface area contributed by atoms with Crippen molar-refractivity contribution in [3.8, 4) is 5.75 Å². The van der Waals surface area contributed by atoms with Gasteiger partial charge in [0.25, 0.3) is 5.91 Å². The van der Waals surface area contributed by atoms with E-state index in [2.05, 4.69) is 36.5 Å². The topological polar surface area (TPSA) is 41.6 Å².